The van der Waals surface area contributed by atoms with Gasteiger partial charge in [-0.15, -0.1) is 0 Å². The number of hydrogen-bond donors (Lipinski definition) is 1. The Hall–Kier alpha value is -2.19. The van der Waals surface area contributed by atoms with Crippen LogP contribution in [0.2, 0.25) is 5.02 Å². The van der Waals surface area contributed by atoms with Gasteiger partial charge in [-0.2, -0.15) is 5.26 Å². The largest absolute Gasteiger partial charge is 0.480 e. The summed E-state index contributed by atoms with van der Waals surface area (Å²) >= 11 is 5.89. The minimum Gasteiger partial charge on any atom is -0.480 e. The van der Waals surface area contributed by atoms with Crippen molar-refractivity contribution in [2.24, 2.45) is 0 Å². The number of rotatable bonds is 3. The van der Waals surface area contributed by atoms with Crippen LogP contribution in [0.4, 0.5) is 0 Å². The number of nitriles is 1. The molecule has 1 heterocycles. The van der Waals surface area contributed by atoms with Crippen LogP contribution < -0.4 is 0 Å². The van der Waals surface area contributed by atoms with Crippen LogP contribution in [0.3, 0.4) is 0 Å². The van der Waals surface area contributed by atoms with Crippen molar-refractivity contribution in [2.45, 2.75) is 13.0 Å². The quantitative estimate of drug-likeness (QED) is 0.687. The maximum Gasteiger partial charge on any atom is 0.293 e. The third-order valence-corrected chi connectivity index (χ3v) is 3.39. The van der Waals surface area contributed by atoms with Crippen molar-refractivity contribution < 1.29 is 14.6 Å². The molecule has 1 N–H and O–H groups in total. The Balaban J connectivity index is 2.57. The first-order valence-electron chi connectivity index (χ1n) is 6.03. The van der Waals surface area contributed by atoms with E-state index in [2.05, 4.69) is 0 Å². The average molecular weight is 293 g/mol. The van der Waals surface area contributed by atoms with Gasteiger partial charge in [0.2, 0.25) is 0 Å². The predicted octanol–water partition coefficient (Wildman–Crippen LogP) is 2.80. The highest BCUT2D eigenvalue weighted by atomic mass is 35.5. The van der Waals surface area contributed by atoms with Crippen LogP contribution in [0.25, 0.3) is 0 Å². The molecule has 0 bridgehead atoms. The SMILES string of the molecule is CCO/C(O)=C(/C#N)C1c2ccc(Cl)cc2C(=O)N1C. The van der Waals surface area contributed by atoms with Gasteiger partial charge in [0.15, 0.2) is 0 Å². The van der Waals surface area contributed by atoms with E-state index >= 15 is 0 Å². The fourth-order valence-corrected chi connectivity index (χ4v) is 2.43. The lowest BCUT2D eigenvalue weighted by atomic mass is 9.99. The number of benzene rings is 1. The van der Waals surface area contributed by atoms with Crippen molar-refractivity contribution in [3.63, 3.8) is 0 Å². The summed E-state index contributed by atoms with van der Waals surface area (Å²) < 4.78 is 4.98. The lowest BCUT2D eigenvalue weighted by Gasteiger charge is -2.20. The second kappa shape index (κ2) is 5.43. The van der Waals surface area contributed by atoms with E-state index in [0.717, 1.165) is 0 Å². The third-order valence-electron chi connectivity index (χ3n) is 3.15. The van der Waals surface area contributed by atoms with Crippen LogP contribution >= 0.6 is 11.6 Å². The van der Waals surface area contributed by atoms with Crippen molar-refractivity contribution >= 4 is 17.5 Å². The Morgan fingerprint density at radius 2 is 2.30 bits per heavy atom. The lowest BCUT2D eigenvalue weighted by molar-refractivity contribution is 0.0760. The Labute approximate surface area is 121 Å². The molecule has 0 fully saturated rings. The van der Waals surface area contributed by atoms with Crippen molar-refractivity contribution in [2.75, 3.05) is 13.7 Å². The Morgan fingerprint density at radius 3 is 2.90 bits per heavy atom. The molecule has 6 heteroatoms. The Bertz CT molecular complexity index is 634. The first kappa shape index (κ1) is 14.2. The number of amides is 1. The normalized spacial score (nSPS) is 18.4. The Kier molecular flexibility index (Phi) is 3.86. The first-order chi connectivity index (χ1) is 9.51. The summed E-state index contributed by atoms with van der Waals surface area (Å²) in [4.78, 5) is 13.6. The van der Waals surface area contributed by atoms with E-state index in [1.165, 1.54) is 4.90 Å². The fourth-order valence-electron chi connectivity index (χ4n) is 2.26. The zero-order chi connectivity index (χ0) is 14.9. The number of ether oxygens (including phenoxy) is 1. The molecule has 0 aromatic heterocycles. The van der Waals surface area contributed by atoms with Crippen LogP contribution in [0.15, 0.2) is 29.7 Å². The van der Waals surface area contributed by atoms with E-state index in [-0.39, 0.29) is 18.1 Å². The number of carbonyl (C=O) groups excluding carboxylic acids is 1. The molecule has 0 saturated heterocycles. The standard InChI is InChI=1S/C14H13ClN2O3/c1-3-20-14(19)11(7-16)12-9-5-4-8(15)6-10(9)13(18)17(12)2/h4-6,12,19H,3H2,1-2H3/b14-11-. The molecule has 0 spiro atoms. The molecular formula is C14H13ClN2O3. The molecule has 0 aliphatic carbocycles. The maximum absolute atomic E-state index is 12.2. The molecule has 5 nitrogen and oxygen atoms in total. The number of fused-ring (bicyclic) bond motifs is 1. The number of hydrogen-bond acceptors (Lipinski definition) is 4. The van der Waals surface area contributed by atoms with Gasteiger partial charge in [-0.25, -0.2) is 0 Å². The molecule has 1 aromatic carbocycles. The molecule has 1 atom stereocenters. The van der Waals surface area contributed by atoms with Crippen molar-refractivity contribution in [1.29, 1.82) is 5.26 Å². The van der Waals surface area contributed by atoms with Gasteiger partial charge < -0.3 is 14.7 Å². The van der Waals surface area contributed by atoms with Gasteiger partial charge in [-0.05, 0) is 24.6 Å². The predicted molar refractivity (Wildman–Crippen MR) is 73.2 cm³/mol. The smallest absolute Gasteiger partial charge is 0.293 e. The zero-order valence-corrected chi connectivity index (χ0v) is 11.8. The van der Waals surface area contributed by atoms with Crippen LogP contribution in [-0.4, -0.2) is 29.6 Å². The summed E-state index contributed by atoms with van der Waals surface area (Å²) in [5.74, 6) is -0.702. The van der Waals surface area contributed by atoms with E-state index < -0.39 is 12.0 Å². The number of nitrogens with zero attached hydrogens (tertiary/aromatic N) is 2. The molecule has 104 valence electrons. The number of halogens is 1. The lowest BCUT2D eigenvalue weighted by Crippen LogP contribution is -2.25. The van der Waals surface area contributed by atoms with Gasteiger partial charge in [0.25, 0.3) is 11.9 Å². The van der Waals surface area contributed by atoms with Gasteiger partial charge in [-0.3, -0.25) is 4.79 Å². The molecule has 2 rings (SSSR count). The van der Waals surface area contributed by atoms with Crippen LogP contribution in [0, 0.1) is 11.3 Å². The van der Waals surface area contributed by atoms with Crippen LogP contribution in [-0.2, 0) is 4.74 Å². The van der Waals surface area contributed by atoms with Crippen molar-refractivity contribution in [1.82, 2.24) is 4.90 Å². The highest BCUT2D eigenvalue weighted by molar-refractivity contribution is 6.31. The highest BCUT2D eigenvalue weighted by Crippen LogP contribution is 2.39. The van der Waals surface area contributed by atoms with E-state index in [0.29, 0.717) is 16.1 Å². The average Bonchev–Trinajstić information content (AvgIpc) is 2.65. The van der Waals surface area contributed by atoms with Gasteiger partial charge in [-0.1, -0.05) is 17.7 Å². The summed E-state index contributed by atoms with van der Waals surface area (Å²) in [6.07, 6.45) is 0. The molecule has 0 saturated carbocycles. The monoisotopic (exact) mass is 292 g/mol. The van der Waals surface area contributed by atoms with E-state index in [4.69, 9.17) is 16.3 Å². The van der Waals surface area contributed by atoms with E-state index in [1.54, 1.807) is 32.2 Å². The summed E-state index contributed by atoms with van der Waals surface area (Å²) in [6, 6.07) is 6.14. The molecule has 20 heavy (non-hydrogen) atoms. The van der Waals surface area contributed by atoms with Gasteiger partial charge in [0, 0.05) is 17.6 Å². The number of aliphatic hydroxyl groups excluding tert-OH is 1. The molecular weight excluding hydrogens is 280 g/mol. The summed E-state index contributed by atoms with van der Waals surface area (Å²) in [5.41, 5.74) is 1.07. The Morgan fingerprint density at radius 1 is 1.60 bits per heavy atom. The molecule has 1 amide bonds. The van der Waals surface area contributed by atoms with Crippen LogP contribution in [0.5, 0.6) is 0 Å². The molecule has 0 radical (unpaired) electrons. The molecule has 1 aliphatic heterocycles. The van der Waals surface area contributed by atoms with E-state index in [9.17, 15) is 15.2 Å². The molecule has 1 unspecified atom stereocenters. The van der Waals surface area contributed by atoms with E-state index in [1.807, 2.05) is 6.07 Å². The number of likely N-dealkylation sites (N-methyl/N-ethyl adjacent to an activating group) is 1. The fraction of sp³-hybridized carbons (Fsp3) is 0.286. The minimum absolute atomic E-state index is 0.00349. The van der Waals surface area contributed by atoms with Crippen molar-refractivity contribution in [3.8, 4) is 6.07 Å². The second-order valence-electron chi connectivity index (χ2n) is 4.31. The summed E-state index contributed by atoms with van der Waals surface area (Å²) in [7, 11) is 1.57. The maximum atomic E-state index is 12.2. The third kappa shape index (κ3) is 2.19. The summed E-state index contributed by atoms with van der Waals surface area (Å²) in [6.45, 7) is 1.93. The molecule has 1 aromatic rings. The zero-order valence-electron chi connectivity index (χ0n) is 11.1. The summed E-state index contributed by atoms with van der Waals surface area (Å²) in [5, 5.41) is 19.5. The van der Waals surface area contributed by atoms with Gasteiger partial charge >= 0.3 is 0 Å². The molecule has 1 aliphatic rings. The number of aliphatic hydroxyl groups is 1. The van der Waals surface area contributed by atoms with Crippen molar-refractivity contribution in [3.05, 3.63) is 45.9 Å². The minimum atomic E-state index is -0.661. The first-order valence-corrected chi connectivity index (χ1v) is 6.41. The number of carbonyl (C=O) groups is 1. The van der Waals surface area contributed by atoms with Gasteiger partial charge in [0.05, 0.1) is 6.61 Å². The van der Waals surface area contributed by atoms with Gasteiger partial charge in [0.1, 0.15) is 17.7 Å². The second-order valence-corrected chi connectivity index (χ2v) is 4.75. The van der Waals surface area contributed by atoms with Crippen LogP contribution in [0.1, 0.15) is 28.9 Å². The highest BCUT2D eigenvalue weighted by Gasteiger charge is 2.38. The topological polar surface area (TPSA) is 73.6 Å².